The van der Waals surface area contributed by atoms with Gasteiger partial charge in [0.1, 0.15) is 6.54 Å². The standard InChI is InChI=1S/C22H23ClN2O7S2/c1-30-17-11-16-19(12-18(17)31-2)33-22(25(16)13-21(27)32-3)24-20(26)5-4-10-34(28,29)15-8-6-14(23)7-9-15/h6-9,11-12H,4-5,10,13H2,1-3H3. The molecule has 1 aromatic heterocycles. The van der Waals surface area contributed by atoms with E-state index in [1.54, 1.807) is 16.7 Å². The van der Waals surface area contributed by atoms with E-state index >= 15 is 0 Å². The van der Waals surface area contributed by atoms with Crippen molar-refractivity contribution in [2.45, 2.75) is 24.3 Å². The van der Waals surface area contributed by atoms with Gasteiger partial charge in [-0.3, -0.25) is 9.59 Å². The predicted octanol–water partition coefficient (Wildman–Crippen LogP) is 3.23. The van der Waals surface area contributed by atoms with E-state index in [9.17, 15) is 18.0 Å². The van der Waals surface area contributed by atoms with Gasteiger partial charge in [-0.1, -0.05) is 22.9 Å². The fourth-order valence-electron chi connectivity index (χ4n) is 3.16. The topological polar surface area (TPSA) is 113 Å². The van der Waals surface area contributed by atoms with Crippen molar-refractivity contribution in [3.05, 3.63) is 46.2 Å². The SMILES string of the molecule is COC(=O)Cn1c(=NC(=O)CCCS(=O)(=O)c2ccc(Cl)cc2)sc2cc(OC)c(OC)cc21. The smallest absolute Gasteiger partial charge is 0.325 e. The number of esters is 1. The van der Waals surface area contributed by atoms with Crippen LogP contribution in [-0.4, -0.2) is 51.9 Å². The van der Waals surface area contributed by atoms with Gasteiger partial charge in [-0.25, -0.2) is 8.42 Å². The number of nitrogens with zero attached hydrogens (tertiary/aromatic N) is 2. The van der Waals surface area contributed by atoms with Crippen LogP contribution in [0, 0.1) is 0 Å². The Morgan fingerprint density at radius 1 is 1.06 bits per heavy atom. The van der Waals surface area contributed by atoms with Crippen molar-refractivity contribution in [3.8, 4) is 11.5 Å². The summed E-state index contributed by atoms with van der Waals surface area (Å²) in [4.78, 5) is 29.1. The molecule has 1 heterocycles. The number of fused-ring (bicyclic) bond motifs is 1. The molecule has 2 aromatic carbocycles. The molecule has 0 fully saturated rings. The van der Waals surface area contributed by atoms with Crippen LogP contribution in [0.2, 0.25) is 5.02 Å². The Morgan fingerprint density at radius 2 is 1.71 bits per heavy atom. The largest absolute Gasteiger partial charge is 0.493 e. The normalized spacial score (nSPS) is 12.1. The van der Waals surface area contributed by atoms with Crippen LogP contribution in [0.3, 0.4) is 0 Å². The van der Waals surface area contributed by atoms with Gasteiger partial charge in [0.2, 0.25) is 5.91 Å². The fourth-order valence-corrected chi connectivity index (χ4v) is 5.66. The number of hydrogen-bond donors (Lipinski definition) is 0. The van der Waals surface area contributed by atoms with E-state index in [0.29, 0.717) is 22.0 Å². The minimum Gasteiger partial charge on any atom is -0.493 e. The number of carbonyl (C=O) groups excluding carboxylic acids is 2. The van der Waals surface area contributed by atoms with Gasteiger partial charge in [0.05, 0.1) is 42.2 Å². The van der Waals surface area contributed by atoms with Crippen molar-refractivity contribution in [1.29, 1.82) is 0 Å². The molecule has 0 bridgehead atoms. The predicted molar refractivity (Wildman–Crippen MR) is 128 cm³/mol. The molecule has 0 aliphatic carbocycles. The quantitative estimate of drug-likeness (QED) is 0.393. The summed E-state index contributed by atoms with van der Waals surface area (Å²) in [6.45, 7) is -0.164. The van der Waals surface area contributed by atoms with Crippen molar-refractivity contribution in [1.82, 2.24) is 4.57 Å². The van der Waals surface area contributed by atoms with Crippen molar-refractivity contribution in [2.24, 2.45) is 4.99 Å². The third-order valence-corrected chi connectivity index (χ3v) is 8.01. The van der Waals surface area contributed by atoms with Gasteiger partial charge < -0.3 is 18.8 Å². The molecule has 0 atom stereocenters. The van der Waals surface area contributed by atoms with Crippen LogP contribution in [0.15, 0.2) is 46.3 Å². The highest BCUT2D eigenvalue weighted by molar-refractivity contribution is 7.91. The number of halogens is 1. The molecular formula is C22H23ClN2O7S2. The number of benzene rings is 2. The number of aromatic nitrogens is 1. The molecule has 3 aromatic rings. The second kappa shape index (κ2) is 11.0. The number of rotatable bonds is 9. The van der Waals surface area contributed by atoms with Crippen molar-refractivity contribution in [3.63, 3.8) is 0 Å². The highest BCUT2D eigenvalue weighted by Gasteiger charge is 2.17. The molecule has 182 valence electrons. The average Bonchev–Trinajstić information content (AvgIpc) is 3.13. The second-order valence-electron chi connectivity index (χ2n) is 7.10. The van der Waals surface area contributed by atoms with E-state index in [4.69, 9.17) is 25.8 Å². The lowest BCUT2D eigenvalue weighted by Gasteiger charge is -2.09. The molecular weight excluding hydrogens is 504 g/mol. The summed E-state index contributed by atoms with van der Waals surface area (Å²) < 4.78 is 42.6. The van der Waals surface area contributed by atoms with Crippen LogP contribution >= 0.6 is 22.9 Å². The van der Waals surface area contributed by atoms with E-state index in [2.05, 4.69) is 4.99 Å². The maximum absolute atomic E-state index is 12.6. The Kier molecular flexibility index (Phi) is 8.34. The molecule has 0 unspecified atom stereocenters. The third kappa shape index (κ3) is 5.96. The molecule has 0 saturated carbocycles. The Hall–Kier alpha value is -2.89. The Morgan fingerprint density at radius 3 is 2.32 bits per heavy atom. The second-order valence-corrected chi connectivity index (χ2v) is 10.7. The number of hydrogen-bond acceptors (Lipinski definition) is 8. The number of methoxy groups -OCH3 is 3. The lowest BCUT2D eigenvalue weighted by atomic mass is 10.3. The van der Waals surface area contributed by atoms with Gasteiger partial charge in [-0.05, 0) is 30.7 Å². The Balaban J connectivity index is 1.86. The first-order chi connectivity index (χ1) is 16.2. The van der Waals surface area contributed by atoms with Gasteiger partial charge in [0.25, 0.3) is 0 Å². The summed E-state index contributed by atoms with van der Waals surface area (Å²) >= 11 is 7.00. The molecule has 3 rings (SSSR count). The van der Waals surface area contributed by atoms with Crippen LogP contribution in [0.25, 0.3) is 10.2 Å². The van der Waals surface area contributed by atoms with Crippen LogP contribution in [-0.2, 0) is 30.7 Å². The first kappa shape index (κ1) is 25.7. The van der Waals surface area contributed by atoms with Crippen LogP contribution in [0.5, 0.6) is 11.5 Å². The van der Waals surface area contributed by atoms with Gasteiger partial charge >= 0.3 is 5.97 Å². The van der Waals surface area contributed by atoms with E-state index in [0.717, 1.165) is 4.70 Å². The first-order valence-electron chi connectivity index (χ1n) is 10.1. The van der Waals surface area contributed by atoms with Crippen molar-refractivity contribution < 1.29 is 32.2 Å². The summed E-state index contributed by atoms with van der Waals surface area (Å²) in [5.41, 5.74) is 0.616. The molecule has 34 heavy (non-hydrogen) atoms. The summed E-state index contributed by atoms with van der Waals surface area (Å²) in [5.74, 6) is -0.282. The molecule has 12 heteroatoms. The summed E-state index contributed by atoms with van der Waals surface area (Å²) in [6.07, 6.45) is 0.0166. The number of ether oxygens (including phenoxy) is 3. The molecule has 0 N–H and O–H groups in total. The van der Waals surface area contributed by atoms with Crippen molar-refractivity contribution in [2.75, 3.05) is 27.1 Å². The third-order valence-electron chi connectivity index (χ3n) is 4.90. The van der Waals surface area contributed by atoms with Gasteiger partial charge in [0.15, 0.2) is 26.1 Å². The monoisotopic (exact) mass is 526 g/mol. The number of carbonyl (C=O) groups is 2. The molecule has 9 nitrogen and oxygen atoms in total. The zero-order valence-electron chi connectivity index (χ0n) is 18.7. The van der Waals surface area contributed by atoms with E-state index in [1.165, 1.54) is 56.9 Å². The minimum absolute atomic E-state index is 0.0774. The molecule has 0 aliphatic rings. The first-order valence-corrected chi connectivity index (χ1v) is 12.9. The highest BCUT2D eigenvalue weighted by atomic mass is 35.5. The maximum atomic E-state index is 12.6. The van der Waals surface area contributed by atoms with Gasteiger partial charge in [-0.2, -0.15) is 4.99 Å². The zero-order chi connectivity index (χ0) is 24.9. The molecule has 0 aliphatic heterocycles. The van der Waals surface area contributed by atoms with Gasteiger partial charge in [-0.15, -0.1) is 0 Å². The lowest BCUT2D eigenvalue weighted by Crippen LogP contribution is -2.22. The van der Waals surface area contributed by atoms with Crippen LogP contribution < -0.4 is 14.3 Å². The number of sulfone groups is 1. The summed E-state index contributed by atoms with van der Waals surface area (Å²) in [7, 11) is 0.715. The van der Waals surface area contributed by atoms with Crippen LogP contribution in [0.1, 0.15) is 12.8 Å². The molecule has 0 spiro atoms. The minimum atomic E-state index is -3.55. The number of thiazole rings is 1. The van der Waals surface area contributed by atoms with E-state index < -0.39 is 21.7 Å². The number of amides is 1. The highest BCUT2D eigenvalue weighted by Crippen LogP contribution is 2.33. The molecule has 1 amide bonds. The lowest BCUT2D eigenvalue weighted by molar-refractivity contribution is -0.141. The zero-order valence-corrected chi connectivity index (χ0v) is 21.1. The van der Waals surface area contributed by atoms with Gasteiger partial charge in [0, 0.05) is 23.6 Å². The van der Waals surface area contributed by atoms with Crippen molar-refractivity contribution >= 4 is 54.9 Å². The van der Waals surface area contributed by atoms with Crippen LogP contribution in [0.4, 0.5) is 0 Å². The average molecular weight is 527 g/mol. The summed E-state index contributed by atoms with van der Waals surface area (Å²) in [6, 6.07) is 9.28. The molecule has 0 radical (unpaired) electrons. The fraction of sp³-hybridized carbons (Fsp3) is 0.318. The molecule has 0 saturated heterocycles. The summed E-state index contributed by atoms with van der Waals surface area (Å²) in [5, 5.41) is 0.437. The Bertz CT molecular complexity index is 1380. The maximum Gasteiger partial charge on any atom is 0.325 e. The van der Waals surface area contributed by atoms with E-state index in [1.807, 2.05) is 0 Å². The van der Waals surface area contributed by atoms with E-state index in [-0.39, 0.29) is 34.8 Å². The Labute approximate surface area is 205 Å².